The molecule has 0 aliphatic heterocycles. The van der Waals surface area contributed by atoms with Crippen molar-refractivity contribution in [2.75, 3.05) is 21.2 Å². The number of nitrogens with one attached hydrogen (secondary N) is 1. The Morgan fingerprint density at radius 2 is 2.14 bits per heavy atom. The third kappa shape index (κ3) is 2.32. The van der Waals surface area contributed by atoms with Gasteiger partial charge in [0, 0.05) is 0 Å². The van der Waals surface area contributed by atoms with Crippen LogP contribution >= 0.6 is 0 Å². The van der Waals surface area contributed by atoms with Gasteiger partial charge in [-0.15, -0.1) is 0 Å². The number of ether oxygens (including phenoxy) is 1. The van der Waals surface area contributed by atoms with Crippen molar-refractivity contribution in [1.29, 1.82) is 0 Å². The first kappa shape index (κ1) is 10.7. The highest BCUT2D eigenvalue weighted by molar-refractivity contribution is 5.23. The maximum Gasteiger partial charge on any atom is 0.293 e. The van der Waals surface area contributed by atoms with Crippen molar-refractivity contribution in [3.63, 3.8) is 0 Å². The van der Waals surface area contributed by atoms with Crippen LogP contribution in [0.4, 0.5) is 0 Å². The smallest absolute Gasteiger partial charge is 0.293 e. The molecule has 0 aliphatic carbocycles. The number of hydrogen-bond donors (Lipinski definition) is 1. The van der Waals surface area contributed by atoms with E-state index in [-0.39, 0.29) is 11.3 Å². The number of hydrogen-bond acceptors (Lipinski definition) is 4. The Morgan fingerprint density at radius 3 is 2.57 bits per heavy atom. The van der Waals surface area contributed by atoms with E-state index in [4.69, 9.17) is 4.74 Å². The molecule has 0 radical (unpaired) electrons. The van der Waals surface area contributed by atoms with Crippen LogP contribution in [0.2, 0.25) is 0 Å². The third-order valence-electron chi connectivity index (χ3n) is 1.77. The summed E-state index contributed by atoms with van der Waals surface area (Å²) in [4.78, 5) is 20.3. The molecule has 0 bridgehead atoms. The van der Waals surface area contributed by atoms with E-state index in [0.717, 1.165) is 0 Å². The quantitative estimate of drug-likeness (QED) is 0.749. The van der Waals surface area contributed by atoms with E-state index < -0.39 is 0 Å². The van der Waals surface area contributed by atoms with Crippen molar-refractivity contribution >= 4 is 0 Å². The van der Waals surface area contributed by atoms with Gasteiger partial charge in [0.05, 0.1) is 19.3 Å². The van der Waals surface area contributed by atoms with Crippen molar-refractivity contribution < 1.29 is 4.74 Å². The number of H-pyrrole nitrogens is 1. The van der Waals surface area contributed by atoms with Gasteiger partial charge < -0.3 is 14.6 Å². The van der Waals surface area contributed by atoms with E-state index in [1.54, 1.807) is 6.92 Å². The zero-order chi connectivity index (χ0) is 10.7. The minimum Gasteiger partial charge on any atom is -0.490 e. The van der Waals surface area contributed by atoms with Gasteiger partial charge in [-0.25, -0.2) is 4.98 Å². The molecule has 0 atom stereocenters. The van der Waals surface area contributed by atoms with Gasteiger partial charge in [0.15, 0.2) is 0 Å². The average molecular weight is 197 g/mol. The van der Waals surface area contributed by atoms with E-state index in [2.05, 4.69) is 9.97 Å². The molecular weight excluding hydrogens is 182 g/mol. The summed E-state index contributed by atoms with van der Waals surface area (Å²) in [6.45, 7) is 2.37. The molecule has 78 valence electrons. The summed E-state index contributed by atoms with van der Waals surface area (Å²) in [6, 6.07) is 0. The fraction of sp³-hybridized carbons (Fsp3) is 0.556. The van der Waals surface area contributed by atoms with Crippen LogP contribution < -0.4 is 10.3 Å². The van der Waals surface area contributed by atoms with Crippen LogP contribution in [0.15, 0.2) is 4.79 Å². The summed E-state index contributed by atoms with van der Waals surface area (Å²) >= 11 is 0. The molecule has 5 heteroatoms. The maximum absolute atomic E-state index is 11.4. The first-order valence-electron chi connectivity index (χ1n) is 4.33. The molecule has 0 spiro atoms. The molecule has 0 unspecified atom stereocenters. The number of aromatic nitrogens is 2. The van der Waals surface area contributed by atoms with Gasteiger partial charge in [-0.1, -0.05) is 0 Å². The first-order valence-corrected chi connectivity index (χ1v) is 4.33. The molecule has 5 nitrogen and oxygen atoms in total. The van der Waals surface area contributed by atoms with Gasteiger partial charge in [0.2, 0.25) is 5.75 Å². The summed E-state index contributed by atoms with van der Waals surface area (Å²) in [7, 11) is 5.30. The van der Waals surface area contributed by atoms with E-state index in [1.807, 2.05) is 19.0 Å². The normalized spacial score (nSPS) is 10.6. The first-order chi connectivity index (χ1) is 6.54. The van der Waals surface area contributed by atoms with Crippen LogP contribution in [-0.4, -0.2) is 36.1 Å². The summed E-state index contributed by atoms with van der Waals surface area (Å²) in [6.07, 6.45) is 0. The monoisotopic (exact) mass is 197 g/mol. The van der Waals surface area contributed by atoms with Gasteiger partial charge in [-0.05, 0) is 21.0 Å². The minimum absolute atomic E-state index is 0.225. The lowest BCUT2D eigenvalue weighted by molar-refractivity contribution is 0.379. The average Bonchev–Trinajstić information content (AvgIpc) is 2.01. The Balaban J connectivity index is 3.08. The lowest BCUT2D eigenvalue weighted by Gasteiger charge is -2.10. The summed E-state index contributed by atoms with van der Waals surface area (Å²) in [5, 5.41) is 0. The predicted molar refractivity (Wildman–Crippen MR) is 53.5 cm³/mol. The summed E-state index contributed by atoms with van der Waals surface area (Å²) < 4.78 is 4.92. The Hall–Kier alpha value is -1.36. The van der Waals surface area contributed by atoms with Crippen molar-refractivity contribution in [2.24, 2.45) is 0 Å². The molecule has 1 heterocycles. The molecule has 0 aromatic carbocycles. The third-order valence-corrected chi connectivity index (χ3v) is 1.77. The highest BCUT2D eigenvalue weighted by Crippen LogP contribution is 2.07. The Labute approximate surface area is 82.7 Å². The SMILES string of the molecule is COc1c(C)nc(CN(C)C)[nH]c1=O. The van der Waals surface area contributed by atoms with Gasteiger partial charge >= 0.3 is 0 Å². The highest BCUT2D eigenvalue weighted by atomic mass is 16.5. The van der Waals surface area contributed by atoms with Crippen molar-refractivity contribution in [1.82, 2.24) is 14.9 Å². The summed E-state index contributed by atoms with van der Waals surface area (Å²) in [5.74, 6) is 0.936. The van der Waals surface area contributed by atoms with Crippen LogP contribution in [0.5, 0.6) is 5.75 Å². The molecule has 0 saturated carbocycles. The number of methoxy groups -OCH3 is 1. The van der Waals surface area contributed by atoms with E-state index in [1.165, 1.54) is 7.11 Å². The molecule has 0 aliphatic rings. The number of nitrogens with zero attached hydrogens (tertiary/aromatic N) is 2. The largest absolute Gasteiger partial charge is 0.490 e. The van der Waals surface area contributed by atoms with E-state index in [9.17, 15) is 4.79 Å². The zero-order valence-electron chi connectivity index (χ0n) is 8.92. The number of aryl methyl sites for hydroxylation is 1. The standard InChI is InChI=1S/C9H15N3O2/c1-6-8(14-4)9(13)11-7(10-6)5-12(2)3/h5H2,1-4H3,(H,10,11,13). The zero-order valence-corrected chi connectivity index (χ0v) is 8.92. The Kier molecular flexibility index (Phi) is 3.24. The molecule has 14 heavy (non-hydrogen) atoms. The van der Waals surface area contributed by atoms with Crippen LogP contribution in [0.3, 0.4) is 0 Å². The second-order valence-electron chi connectivity index (χ2n) is 3.37. The number of rotatable bonds is 3. The molecule has 1 aromatic rings. The highest BCUT2D eigenvalue weighted by Gasteiger charge is 2.07. The van der Waals surface area contributed by atoms with E-state index >= 15 is 0 Å². The lowest BCUT2D eigenvalue weighted by Crippen LogP contribution is -2.20. The second kappa shape index (κ2) is 4.23. The van der Waals surface area contributed by atoms with Crippen LogP contribution in [0.25, 0.3) is 0 Å². The molecular formula is C9H15N3O2. The summed E-state index contributed by atoms with van der Waals surface area (Å²) in [5.41, 5.74) is 0.393. The predicted octanol–water partition coefficient (Wildman–Crippen LogP) is 0.149. The topological polar surface area (TPSA) is 58.2 Å². The Morgan fingerprint density at radius 1 is 1.50 bits per heavy atom. The molecule has 0 fully saturated rings. The molecule has 1 aromatic heterocycles. The van der Waals surface area contributed by atoms with E-state index in [0.29, 0.717) is 18.1 Å². The van der Waals surface area contributed by atoms with Gasteiger partial charge in [-0.3, -0.25) is 4.79 Å². The maximum atomic E-state index is 11.4. The fourth-order valence-corrected chi connectivity index (χ4v) is 1.25. The lowest BCUT2D eigenvalue weighted by atomic mass is 10.4. The van der Waals surface area contributed by atoms with Crippen molar-refractivity contribution in [3.05, 3.63) is 21.9 Å². The van der Waals surface area contributed by atoms with Crippen LogP contribution in [-0.2, 0) is 6.54 Å². The number of aromatic amines is 1. The van der Waals surface area contributed by atoms with Crippen LogP contribution in [0.1, 0.15) is 11.5 Å². The second-order valence-corrected chi connectivity index (χ2v) is 3.37. The Bertz CT molecular complexity index is 371. The molecule has 0 saturated heterocycles. The van der Waals surface area contributed by atoms with Gasteiger partial charge in [0.1, 0.15) is 5.82 Å². The fourth-order valence-electron chi connectivity index (χ4n) is 1.25. The minimum atomic E-state index is -0.225. The van der Waals surface area contributed by atoms with Crippen LogP contribution in [0, 0.1) is 6.92 Å². The van der Waals surface area contributed by atoms with Crippen molar-refractivity contribution in [2.45, 2.75) is 13.5 Å². The van der Waals surface area contributed by atoms with Gasteiger partial charge in [-0.2, -0.15) is 0 Å². The van der Waals surface area contributed by atoms with Crippen molar-refractivity contribution in [3.8, 4) is 5.75 Å². The molecule has 1 N–H and O–H groups in total. The van der Waals surface area contributed by atoms with Gasteiger partial charge in [0.25, 0.3) is 5.56 Å². The molecule has 1 rings (SSSR count). The molecule has 0 amide bonds.